The lowest BCUT2D eigenvalue weighted by Gasteiger charge is -2.25. The van der Waals surface area contributed by atoms with E-state index in [2.05, 4.69) is 0 Å². The summed E-state index contributed by atoms with van der Waals surface area (Å²) < 4.78 is 62.0. The van der Waals surface area contributed by atoms with Crippen LogP contribution in [0.3, 0.4) is 0 Å². The second kappa shape index (κ2) is 12.6. The number of anilines is 3. The number of furan rings is 1. The molecule has 2 aromatic heterocycles. The fraction of sp³-hybridized carbons (Fsp3) is 0. The van der Waals surface area contributed by atoms with Gasteiger partial charge in [-0.15, -0.1) is 0 Å². The van der Waals surface area contributed by atoms with Crippen LogP contribution in [-0.4, -0.2) is 15.0 Å². The van der Waals surface area contributed by atoms with Crippen molar-refractivity contribution in [1.29, 1.82) is 0 Å². The van der Waals surface area contributed by atoms with E-state index >= 15 is 0 Å². The van der Waals surface area contributed by atoms with E-state index in [1.807, 2.05) is 146 Å². The average molecular weight is 649 g/mol. The first-order valence-electron chi connectivity index (χ1n) is 19.1. The zero-order chi connectivity index (χ0) is 38.5. The second-order valence-corrected chi connectivity index (χ2v) is 11.6. The van der Waals surface area contributed by atoms with Crippen LogP contribution in [0.15, 0.2) is 186 Å². The lowest BCUT2D eigenvalue weighted by molar-refractivity contribution is 0.669. The summed E-state index contributed by atoms with van der Waals surface area (Å²) >= 11 is 0. The first-order valence-corrected chi connectivity index (χ1v) is 16.1. The third kappa shape index (κ3) is 5.47. The van der Waals surface area contributed by atoms with Crippen LogP contribution < -0.4 is 4.90 Å². The van der Waals surface area contributed by atoms with Crippen molar-refractivity contribution in [3.8, 4) is 45.3 Å². The van der Waals surface area contributed by atoms with Crippen LogP contribution in [0.25, 0.3) is 67.2 Å². The molecule has 0 aliphatic rings. The topological polar surface area (TPSA) is 55.1 Å². The maximum atomic E-state index is 9.63. The Morgan fingerprint density at radius 1 is 0.440 bits per heavy atom. The standard InChI is InChI=1S/C45H30N4O/c1-5-14-31(15-6-1)32-24-26-36(27-25-32)49(35-20-11-4-12-21-35)37-28-29-38-41(30-37)50-40-23-13-22-39(42(38)40)45-47-43(33-16-7-2-8-17-33)46-44(48-45)34-18-9-3-10-19-34/h1-30H/i13D,22D,23D,28D,29D,30D. The highest BCUT2D eigenvalue weighted by Crippen LogP contribution is 2.41. The highest BCUT2D eigenvalue weighted by molar-refractivity contribution is 6.12. The van der Waals surface area contributed by atoms with Crippen LogP contribution >= 0.6 is 0 Å². The monoisotopic (exact) mass is 648 g/mol. The quantitative estimate of drug-likeness (QED) is 0.172. The number of rotatable bonds is 7. The maximum absolute atomic E-state index is 9.63. The van der Waals surface area contributed by atoms with Gasteiger partial charge in [0.05, 0.1) is 8.22 Å². The largest absolute Gasteiger partial charge is 0.456 e. The van der Waals surface area contributed by atoms with Gasteiger partial charge < -0.3 is 9.32 Å². The van der Waals surface area contributed by atoms with Gasteiger partial charge in [0.15, 0.2) is 17.5 Å². The Balaban J connectivity index is 1.31. The number of aromatic nitrogens is 3. The third-order valence-corrected chi connectivity index (χ3v) is 8.45. The molecule has 0 N–H and O–H groups in total. The number of para-hydroxylation sites is 1. The van der Waals surface area contributed by atoms with Crippen molar-refractivity contribution in [2.45, 2.75) is 0 Å². The molecule has 5 heteroatoms. The summed E-state index contributed by atoms with van der Waals surface area (Å²) in [7, 11) is 0. The molecule has 0 spiro atoms. The molecule has 2 heterocycles. The SMILES string of the molecule is [2H]c1c([2H])c(-c2nc(-c3ccccc3)nc(-c3ccccc3)n2)c2c(oc3c([2H])c(N(c4ccccc4)c4ccc(-c5ccccc5)cc4)c([2H])c([2H])c32)c1[2H]. The van der Waals surface area contributed by atoms with Gasteiger partial charge in [-0.1, -0.05) is 133 Å². The molecule has 0 bridgehead atoms. The van der Waals surface area contributed by atoms with Crippen molar-refractivity contribution in [2.24, 2.45) is 0 Å². The van der Waals surface area contributed by atoms with Crippen molar-refractivity contribution in [2.75, 3.05) is 4.90 Å². The number of hydrogen-bond donors (Lipinski definition) is 0. The summed E-state index contributed by atoms with van der Waals surface area (Å²) in [5.74, 6) is 0.683. The fourth-order valence-electron chi connectivity index (χ4n) is 6.06. The van der Waals surface area contributed by atoms with Crippen LogP contribution in [0.4, 0.5) is 17.1 Å². The molecule has 236 valence electrons. The zero-order valence-corrected chi connectivity index (χ0v) is 26.6. The number of benzene rings is 7. The predicted octanol–water partition coefficient (Wildman–Crippen LogP) is 11.9. The first kappa shape index (κ1) is 23.5. The minimum absolute atomic E-state index is 0.0369. The molecule has 50 heavy (non-hydrogen) atoms. The van der Waals surface area contributed by atoms with Crippen molar-refractivity contribution < 1.29 is 12.6 Å². The molecule has 9 aromatic rings. The smallest absolute Gasteiger partial charge is 0.164 e. The van der Waals surface area contributed by atoms with Crippen molar-refractivity contribution in [3.05, 3.63) is 182 Å². The summed E-state index contributed by atoms with van der Waals surface area (Å²) in [5.41, 5.74) is 4.73. The van der Waals surface area contributed by atoms with Crippen LogP contribution in [0.5, 0.6) is 0 Å². The highest BCUT2D eigenvalue weighted by atomic mass is 16.3. The Hall–Kier alpha value is -6.85. The van der Waals surface area contributed by atoms with E-state index in [1.165, 1.54) is 0 Å². The van der Waals surface area contributed by atoms with E-state index in [0.29, 0.717) is 34.2 Å². The van der Waals surface area contributed by atoms with Gasteiger partial charge in [-0.25, -0.2) is 15.0 Å². The van der Waals surface area contributed by atoms with Crippen LogP contribution in [-0.2, 0) is 0 Å². The number of nitrogens with zero attached hydrogens (tertiary/aromatic N) is 4. The number of fused-ring (bicyclic) bond motifs is 3. The Bertz CT molecular complexity index is 2850. The van der Waals surface area contributed by atoms with Gasteiger partial charge in [0.1, 0.15) is 11.2 Å². The Morgan fingerprint density at radius 2 is 0.960 bits per heavy atom. The van der Waals surface area contributed by atoms with Gasteiger partial charge in [-0.3, -0.25) is 0 Å². The minimum atomic E-state index is -0.428. The molecule has 0 unspecified atom stereocenters. The Kier molecular flexibility index (Phi) is 5.93. The van der Waals surface area contributed by atoms with Gasteiger partial charge in [0.2, 0.25) is 0 Å². The highest BCUT2D eigenvalue weighted by Gasteiger charge is 2.20. The molecule has 0 aliphatic heterocycles. The van der Waals surface area contributed by atoms with Crippen molar-refractivity contribution in [3.63, 3.8) is 0 Å². The van der Waals surface area contributed by atoms with Gasteiger partial charge >= 0.3 is 0 Å². The summed E-state index contributed by atoms with van der Waals surface area (Å²) in [4.78, 5) is 16.1. The predicted molar refractivity (Wildman–Crippen MR) is 204 cm³/mol. The molecule has 5 nitrogen and oxygen atoms in total. The Labute approximate surface area is 298 Å². The maximum Gasteiger partial charge on any atom is 0.164 e. The molecule has 0 fully saturated rings. The van der Waals surface area contributed by atoms with Gasteiger partial charge in [-0.2, -0.15) is 0 Å². The van der Waals surface area contributed by atoms with E-state index in [9.17, 15) is 5.48 Å². The Morgan fingerprint density at radius 3 is 1.58 bits per heavy atom. The van der Waals surface area contributed by atoms with Gasteiger partial charge in [0.25, 0.3) is 0 Å². The third-order valence-electron chi connectivity index (χ3n) is 8.45. The summed E-state index contributed by atoms with van der Waals surface area (Å²) in [6.45, 7) is 0. The zero-order valence-electron chi connectivity index (χ0n) is 32.6. The molecular weight excluding hydrogens is 613 g/mol. The van der Waals surface area contributed by atoms with Crippen LogP contribution in [0, 0.1) is 0 Å². The van der Waals surface area contributed by atoms with Crippen molar-refractivity contribution in [1.82, 2.24) is 15.0 Å². The van der Waals surface area contributed by atoms with Crippen LogP contribution in [0.2, 0.25) is 0 Å². The second-order valence-electron chi connectivity index (χ2n) is 11.6. The normalized spacial score (nSPS) is 12.9. The van der Waals surface area contributed by atoms with E-state index in [4.69, 9.17) is 22.1 Å². The van der Waals surface area contributed by atoms with E-state index in [0.717, 1.165) is 11.1 Å². The lowest BCUT2D eigenvalue weighted by atomic mass is 10.0. The van der Waals surface area contributed by atoms with E-state index < -0.39 is 6.04 Å². The average Bonchev–Trinajstić information content (AvgIpc) is 3.66. The first-order chi connectivity index (χ1) is 27.3. The molecule has 0 aliphatic carbocycles. The molecule has 9 rings (SSSR count). The van der Waals surface area contributed by atoms with E-state index in [-0.39, 0.29) is 69.2 Å². The van der Waals surface area contributed by atoms with Crippen molar-refractivity contribution >= 4 is 39.0 Å². The molecule has 7 aromatic carbocycles. The van der Waals surface area contributed by atoms with Gasteiger partial charge in [-0.05, 0) is 53.5 Å². The molecular formula is C45H30N4O. The molecule has 0 saturated carbocycles. The van der Waals surface area contributed by atoms with E-state index in [1.54, 1.807) is 4.90 Å². The number of hydrogen-bond acceptors (Lipinski definition) is 5. The molecule has 0 amide bonds. The summed E-state index contributed by atoms with van der Waals surface area (Å²) in [6.07, 6.45) is 0. The van der Waals surface area contributed by atoms with Gasteiger partial charge in [0, 0.05) is 50.6 Å². The van der Waals surface area contributed by atoms with Crippen LogP contribution in [0.1, 0.15) is 8.22 Å². The molecule has 0 saturated heterocycles. The summed E-state index contributed by atoms with van der Waals surface area (Å²) in [6, 6.07) is 43.8. The minimum Gasteiger partial charge on any atom is -0.456 e. The lowest BCUT2D eigenvalue weighted by Crippen LogP contribution is -2.09. The molecule has 0 radical (unpaired) electrons. The fourth-order valence-corrected chi connectivity index (χ4v) is 6.06. The summed E-state index contributed by atoms with van der Waals surface area (Å²) in [5, 5.41) is 0.179. The molecule has 0 atom stereocenters.